The van der Waals surface area contributed by atoms with Crippen LogP contribution in [0.25, 0.3) is 61.4 Å². The molecule has 0 N–H and O–H groups in total. The first-order chi connectivity index (χ1) is 21.5. The van der Waals surface area contributed by atoms with Crippen LogP contribution in [-0.4, -0.2) is 38.0 Å². The number of rotatable bonds is 4. The van der Waals surface area contributed by atoms with Gasteiger partial charge in [0.2, 0.25) is 0 Å². The van der Waals surface area contributed by atoms with Crippen LogP contribution in [0.2, 0.25) is 19.6 Å². The third-order valence-corrected chi connectivity index (χ3v) is 9.49. The molecule has 0 spiro atoms. The third-order valence-electron chi connectivity index (χ3n) is 7.45. The first-order valence-corrected chi connectivity index (χ1v) is 17.9. The van der Waals surface area contributed by atoms with Gasteiger partial charge in [-0.1, -0.05) is 78.2 Å². The molecule has 0 saturated carbocycles. The maximum Gasteiger partial charge on any atom is 0.194 e. The van der Waals surface area contributed by atoms with Crippen molar-refractivity contribution < 1.29 is 24.5 Å². The fraction of sp³-hybridized carbons (Fsp3) is 0.0833. The molecule has 0 amide bonds. The molecule has 9 heteroatoms. The predicted molar refractivity (Wildman–Crippen MR) is 177 cm³/mol. The van der Waals surface area contributed by atoms with E-state index in [2.05, 4.69) is 76.4 Å². The Hall–Kier alpha value is -4.82. The number of hydrogen-bond donors (Lipinski definition) is 0. The van der Waals surface area contributed by atoms with Crippen LogP contribution in [-0.2, 0) is 20.1 Å². The quantitative estimate of drug-likeness (QED) is 0.135. The Balaban J connectivity index is 0.000000231. The van der Waals surface area contributed by atoms with Gasteiger partial charge in [-0.3, -0.25) is 4.98 Å². The fourth-order valence-corrected chi connectivity index (χ4v) is 6.36. The molecule has 0 aliphatic heterocycles. The van der Waals surface area contributed by atoms with E-state index in [1.165, 1.54) is 5.19 Å². The topological polar surface area (TPSA) is 82.5 Å². The molecule has 0 atom stereocenters. The van der Waals surface area contributed by atoms with E-state index in [9.17, 15) is 0 Å². The second-order valence-electron chi connectivity index (χ2n) is 11.4. The number of furan rings is 1. The monoisotopic (exact) mass is 781 g/mol. The van der Waals surface area contributed by atoms with Gasteiger partial charge >= 0.3 is 0 Å². The number of nitrogens with zero attached hydrogens (tertiary/aromatic N) is 6. The minimum Gasteiger partial charge on any atom is -0.501 e. The summed E-state index contributed by atoms with van der Waals surface area (Å²) < 4.78 is 8.48. The molecular weight excluding hydrogens is 753 g/mol. The summed E-state index contributed by atoms with van der Waals surface area (Å²) in [5.74, 6) is 0.698. The molecule has 0 bridgehead atoms. The second-order valence-corrected chi connectivity index (χ2v) is 16.5. The van der Waals surface area contributed by atoms with Gasteiger partial charge < -0.3 is 14.0 Å². The molecular formula is C36H28IrN6OSi-2. The molecule has 8 rings (SSSR count). The molecule has 7 nitrogen and oxygen atoms in total. The van der Waals surface area contributed by atoms with Gasteiger partial charge in [0.05, 0.1) is 25.7 Å². The Morgan fingerprint density at radius 1 is 0.800 bits per heavy atom. The molecule has 223 valence electrons. The summed E-state index contributed by atoms with van der Waals surface area (Å²) in [6.07, 6.45) is 3.47. The Bertz CT molecular complexity index is 2170. The van der Waals surface area contributed by atoms with Crippen molar-refractivity contribution in [1.29, 1.82) is 0 Å². The van der Waals surface area contributed by atoms with Crippen LogP contribution < -0.4 is 5.19 Å². The SMILES string of the molecule is C[Si](C)(C)c1ccc2c(c1)oc1c(-c3nc4nnncc4n3-c3ccccc3)[c-]ccc12.[Ir].[c-]1ccccc1-c1ccccn1. The molecule has 45 heavy (non-hydrogen) atoms. The zero-order valence-corrected chi connectivity index (χ0v) is 28.3. The van der Waals surface area contributed by atoms with Crippen LogP contribution in [0.15, 0.2) is 120 Å². The van der Waals surface area contributed by atoms with E-state index in [1.807, 2.05) is 83.4 Å². The zero-order chi connectivity index (χ0) is 30.1. The summed E-state index contributed by atoms with van der Waals surface area (Å²) in [5.41, 5.74) is 6.73. The normalized spacial score (nSPS) is 11.3. The Morgan fingerprint density at radius 2 is 1.62 bits per heavy atom. The van der Waals surface area contributed by atoms with E-state index < -0.39 is 8.07 Å². The van der Waals surface area contributed by atoms with Gasteiger partial charge in [0.25, 0.3) is 0 Å². The van der Waals surface area contributed by atoms with E-state index in [1.54, 1.807) is 12.4 Å². The van der Waals surface area contributed by atoms with Crippen LogP contribution in [0.4, 0.5) is 0 Å². The van der Waals surface area contributed by atoms with Crippen molar-refractivity contribution in [3.8, 4) is 28.3 Å². The van der Waals surface area contributed by atoms with Crippen LogP contribution in [0.3, 0.4) is 0 Å². The Morgan fingerprint density at radius 3 is 2.38 bits per heavy atom. The van der Waals surface area contributed by atoms with Gasteiger partial charge in [-0.2, -0.15) is 0 Å². The first kappa shape index (κ1) is 30.2. The number of aromatic nitrogens is 6. The van der Waals surface area contributed by atoms with Crippen molar-refractivity contribution in [3.05, 3.63) is 128 Å². The van der Waals surface area contributed by atoms with Crippen LogP contribution in [0, 0.1) is 12.1 Å². The predicted octanol–water partition coefficient (Wildman–Crippen LogP) is 7.67. The summed E-state index contributed by atoms with van der Waals surface area (Å²) in [7, 11) is -1.46. The van der Waals surface area contributed by atoms with Crippen molar-refractivity contribution in [3.63, 3.8) is 0 Å². The van der Waals surface area contributed by atoms with Crippen molar-refractivity contribution in [1.82, 2.24) is 29.9 Å². The molecule has 0 saturated heterocycles. The van der Waals surface area contributed by atoms with Gasteiger partial charge in [-0.15, -0.1) is 64.3 Å². The standard InChI is InChI=1S/C25H20N5OSi.C11H8N.Ir/c1-32(2,3)17-12-13-18-19-10-7-11-20(23(19)31-22(18)14-17)25-27-24-21(15-26-29-28-24)30(25)16-8-5-4-6-9-16;1-2-6-10(7-3-1)11-8-4-5-9-12-11;/h4-10,12-15H,1-3H3;1-6,8-9H;/q2*-1;. The molecule has 0 unspecified atom stereocenters. The molecule has 4 aromatic heterocycles. The minimum absolute atomic E-state index is 0. The van der Waals surface area contributed by atoms with Gasteiger partial charge in [0.1, 0.15) is 11.1 Å². The fourth-order valence-electron chi connectivity index (χ4n) is 5.21. The summed E-state index contributed by atoms with van der Waals surface area (Å²) in [6, 6.07) is 40.8. The maximum absolute atomic E-state index is 6.45. The van der Waals surface area contributed by atoms with Crippen LogP contribution in [0.1, 0.15) is 0 Å². The number of hydrogen-bond acceptors (Lipinski definition) is 6. The van der Waals surface area contributed by atoms with Gasteiger partial charge in [-0.25, -0.2) is 0 Å². The van der Waals surface area contributed by atoms with Gasteiger partial charge in [-0.05, 0) is 35.2 Å². The van der Waals surface area contributed by atoms with Gasteiger partial charge in [0, 0.05) is 37.4 Å². The average Bonchev–Trinajstić information content (AvgIpc) is 3.64. The van der Waals surface area contributed by atoms with Gasteiger partial charge in [0.15, 0.2) is 5.65 Å². The molecule has 4 aromatic carbocycles. The van der Waals surface area contributed by atoms with Crippen LogP contribution in [0.5, 0.6) is 0 Å². The molecule has 1 radical (unpaired) electrons. The summed E-state index contributed by atoms with van der Waals surface area (Å²) in [6.45, 7) is 7.02. The minimum atomic E-state index is -1.46. The molecule has 0 aliphatic rings. The molecule has 4 heterocycles. The maximum atomic E-state index is 6.45. The first-order valence-electron chi connectivity index (χ1n) is 14.4. The van der Waals surface area contributed by atoms with Crippen molar-refractivity contribution >= 4 is 46.4 Å². The average molecular weight is 781 g/mol. The smallest absolute Gasteiger partial charge is 0.194 e. The Labute approximate surface area is 275 Å². The third kappa shape index (κ3) is 5.98. The van der Waals surface area contributed by atoms with E-state index >= 15 is 0 Å². The molecule has 0 fully saturated rings. The summed E-state index contributed by atoms with van der Waals surface area (Å²) >= 11 is 0. The zero-order valence-electron chi connectivity index (χ0n) is 24.9. The van der Waals surface area contributed by atoms with Crippen molar-refractivity contribution in [2.45, 2.75) is 19.6 Å². The number of benzene rings is 4. The van der Waals surface area contributed by atoms with E-state index in [0.29, 0.717) is 11.5 Å². The largest absolute Gasteiger partial charge is 0.501 e. The Kier molecular flexibility index (Phi) is 8.49. The molecule has 8 aromatic rings. The van der Waals surface area contributed by atoms with Crippen molar-refractivity contribution in [2.24, 2.45) is 0 Å². The van der Waals surface area contributed by atoms with Crippen LogP contribution >= 0.6 is 0 Å². The number of pyridine rings is 1. The second kappa shape index (κ2) is 12.7. The van der Waals surface area contributed by atoms with E-state index in [0.717, 1.165) is 50.0 Å². The summed E-state index contributed by atoms with van der Waals surface area (Å²) in [5, 5.41) is 15.4. The number of imidazole rings is 1. The number of fused-ring (bicyclic) bond motifs is 4. The van der Waals surface area contributed by atoms with E-state index in [-0.39, 0.29) is 20.1 Å². The van der Waals surface area contributed by atoms with Crippen molar-refractivity contribution in [2.75, 3.05) is 0 Å². The molecule has 0 aliphatic carbocycles. The number of para-hydroxylation sites is 1. The summed E-state index contributed by atoms with van der Waals surface area (Å²) in [4.78, 5) is 9.02. The van der Waals surface area contributed by atoms with E-state index in [4.69, 9.17) is 9.40 Å².